The van der Waals surface area contributed by atoms with Gasteiger partial charge in [0.2, 0.25) is 0 Å². The average Bonchev–Trinajstić information content (AvgIpc) is 2.10. The van der Waals surface area contributed by atoms with Gasteiger partial charge in [-0.25, -0.2) is 0 Å². The van der Waals surface area contributed by atoms with Crippen LogP contribution in [-0.4, -0.2) is 13.2 Å². The van der Waals surface area contributed by atoms with Gasteiger partial charge in [-0.15, -0.1) is 18.9 Å². The lowest BCUT2D eigenvalue weighted by Gasteiger charge is -1.99. The lowest BCUT2D eigenvalue weighted by atomic mass is 10.1. The SMILES string of the molecule is C#CCCCCCCOCC=C. The summed E-state index contributed by atoms with van der Waals surface area (Å²) in [5.41, 5.74) is 0. The Morgan fingerprint density at radius 2 is 2.00 bits per heavy atom. The van der Waals surface area contributed by atoms with Crippen LogP contribution in [0.4, 0.5) is 0 Å². The molecular weight excluding hydrogens is 148 g/mol. The molecule has 68 valence electrons. The van der Waals surface area contributed by atoms with Gasteiger partial charge in [0.15, 0.2) is 0 Å². The Hall–Kier alpha value is -0.740. The summed E-state index contributed by atoms with van der Waals surface area (Å²) >= 11 is 0. The summed E-state index contributed by atoms with van der Waals surface area (Å²) in [6.07, 6.45) is 12.5. The van der Waals surface area contributed by atoms with Gasteiger partial charge in [0.05, 0.1) is 6.61 Å². The van der Waals surface area contributed by atoms with E-state index in [0.29, 0.717) is 6.61 Å². The summed E-state index contributed by atoms with van der Waals surface area (Å²) in [5.74, 6) is 2.63. The molecule has 12 heavy (non-hydrogen) atoms. The van der Waals surface area contributed by atoms with Crippen molar-refractivity contribution in [1.29, 1.82) is 0 Å². The van der Waals surface area contributed by atoms with Crippen molar-refractivity contribution in [2.45, 2.75) is 32.1 Å². The molecule has 0 fully saturated rings. The molecule has 1 heteroatoms. The van der Waals surface area contributed by atoms with Crippen LogP contribution in [0.3, 0.4) is 0 Å². The van der Waals surface area contributed by atoms with Crippen molar-refractivity contribution in [3.05, 3.63) is 12.7 Å². The quantitative estimate of drug-likeness (QED) is 0.306. The molecule has 0 aliphatic heterocycles. The summed E-state index contributed by atoms with van der Waals surface area (Å²) in [4.78, 5) is 0. The molecule has 0 rings (SSSR count). The molecule has 0 aliphatic carbocycles. The molecular formula is C11H18O. The highest BCUT2D eigenvalue weighted by atomic mass is 16.5. The van der Waals surface area contributed by atoms with E-state index in [4.69, 9.17) is 11.2 Å². The Labute approximate surface area is 75.8 Å². The van der Waals surface area contributed by atoms with Gasteiger partial charge in [-0.05, 0) is 12.8 Å². The highest BCUT2D eigenvalue weighted by Gasteiger charge is 1.88. The summed E-state index contributed by atoms with van der Waals surface area (Å²) < 4.78 is 5.23. The molecule has 0 atom stereocenters. The molecule has 0 aromatic rings. The topological polar surface area (TPSA) is 9.23 Å². The van der Waals surface area contributed by atoms with E-state index in [9.17, 15) is 0 Å². The van der Waals surface area contributed by atoms with Gasteiger partial charge >= 0.3 is 0 Å². The normalized spacial score (nSPS) is 9.25. The fourth-order valence-electron chi connectivity index (χ4n) is 0.951. The lowest BCUT2D eigenvalue weighted by Crippen LogP contribution is -1.93. The zero-order valence-electron chi connectivity index (χ0n) is 7.72. The van der Waals surface area contributed by atoms with E-state index in [1.165, 1.54) is 12.8 Å². The number of terminal acetylenes is 1. The molecule has 0 spiro atoms. The van der Waals surface area contributed by atoms with Gasteiger partial charge in [-0.2, -0.15) is 0 Å². The van der Waals surface area contributed by atoms with E-state index >= 15 is 0 Å². The van der Waals surface area contributed by atoms with Crippen LogP contribution in [0.5, 0.6) is 0 Å². The van der Waals surface area contributed by atoms with Gasteiger partial charge in [0.1, 0.15) is 0 Å². The maximum absolute atomic E-state index is 5.23. The summed E-state index contributed by atoms with van der Waals surface area (Å²) in [6, 6.07) is 0. The molecule has 0 saturated heterocycles. The van der Waals surface area contributed by atoms with E-state index in [2.05, 4.69) is 12.5 Å². The summed E-state index contributed by atoms with van der Waals surface area (Å²) in [7, 11) is 0. The fraction of sp³-hybridized carbons (Fsp3) is 0.636. The van der Waals surface area contributed by atoms with Crippen molar-refractivity contribution in [1.82, 2.24) is 0 Å². The van der Waals surface area contributed by atoms with Gasteiger partial charge in [-0.1, -0.05) is 18.9 Å². The Bertz CT molecular complexity index is 132. The maximum atomic E-state index is 5.23. The highest BCUT2D eigenvalue weighted by molar-refractivity contribution is 4.82. The third-order valence-electron chi connectivity index (χ3n) is 1.60. The van der Waals surface area contributed by atoms with Crippen molar-refractivity contribution in [3.8, 4) is 12.3 Å². The third kappa shape index (κ3) is 9.26. The van der Waals surface area contributed by atoms with Crippen molar-refractivity contribution < 1.29 is 4.74 Å². The minimum Gasteiger partial charge on any atom is -0.377 e. The van der Waals surface area contributed by atoms with E-state index in [0.717, 1.165) is 25.9 Å². The van der Waals surface area contributed by atoms with Crippen LogP contribution in [0.25, 0.3) is 0 Å². The van der Waals surface area contributed by atoms with Crippen LogP contribution in [0, 0.1) is 12.3 Å². The van der Waals surface area contributed by atoms with Gasteiger partial charge in [0, 0.05) is 13.0 Å². The van der Waals surface area contributed by atoms with Crippen LogP contribution in [0.15, 0.2) is 12.7 Å². The standard InChI is InChI=1S/C11H18O/c1-3-5-6-7-8-9-11-12-10-4-2/h1,4H,2,5-11H2. The van der Waals surface area contributed by atoms with Crippen molar-refractivity contribution in [2.75, 3.05) is 13.2 Å². The van der Waals surface area contributed by atoms with Gasteiger partial charge in [-0.3, -0.25) is 0 Å². The van der Waals surface area contributed by atoms with E-state index in [-0.39, 0.29) is 0 Å². The zero-order valence-corrected chi connectivity index (χ0v) is 7.72. The second-order valence-electron chi connectivity index (χ2n) is 2.73. The summed E-state index contributed by atoms with van der Waals surface area (Å²) in [5, 5.41) is 0. The predicted octanol–water partition coefficient (Wildman–Crippen LogP) is 2.77. The monoisotopic (exact) mass is 166 g/mol. The molecule has 0 aliphatic rings. The van der Waals surface area contributed by atoms with E-state index in [1.807, 2.05) is 0 Å². The number of hydrogen-bond acceptors (Lipinski definition) is 1. The first-order valence-electron chi connectivity index (χ1n) is 4.54. The highest BCUT2D eigenvalue weighted by Crippen LogP contribution is 2.02. The minimum atomic E-state index is 0.671. The van der Waals surface area contributed by atoms with Crippen LogP contribution < -0.4 is 0 Å². The largest absolute Gasteiger partial charge is 0.377 e. The van der Waals surface area contributed by atoms with E-state index < -0.39 is 0 Å². The van der Waals surface area contributed by atoms with Crippen molar-refractivity contribution in [2.24, 2.45) is 0 Å². The Balaban J connectivity index is 2.82. The second-order valence-corrected chi connectivity index (χ2v) is 2.73. The average molecular weight is 166 g/mol. The van der Waals surface area contributed by atoms with Gasteiger partial charge < -0.3 is 4.74 Å². The smallest absolute Gasteiger partial charge is 0.0644 e. The molecule has 1 nitrogen and oxygen atoms in total. The van der Waals surface area contributed by atoms with Crippen LogP contribution in [-0.2, 0) is 4.74 Å². The predicted molar refractivity (Wildman–Crippen MR) is 52.9 cm³/mol. The molecule has 0 aromatic heterocycles. The molecule has 0 aromatic carbocycles. The zero-order chi connectivity index (χ0) is 9.07. The molecule has 0 saturated carbocycles. The Morgan fingerprint density at radius 3 is 2.67 bits per heavy atom. The van der Waals surface area contributed by atoms with Crippen LogP contribution >= 0.6 is 0 Å². The molecule has 0 N–H and O–H groups in total. The summed E-state index contributed by atoms with van der Waals surface area (Å²) in [6.45, 7) is 5.09. The number of ether oxygens (including phenoxy) is 1. The number of hydrogen-bond donors (Lipinski definition) is 0. The van der Waals surface area contributed by atoms with Gasteiger partial charge in [0.25, 0.3) is 0 Å². The molecule has 0 heterocycles. The van der Waals surface area contributed by atoms with Crippen LogP contribution in [0.2, 0.25) is 0 Å². The maximum Gasteiger partial charge on any atom is 0.0644 e. The van der Waals surface area contributed by atoms with Crippen molar-refractivity contribution >= 4 is 0 Å². The van der Waals surface area contributed by atoms with Crippen LogP contribution in [0.1, 0.15) is 32.1 Å². The second kappa shape index (κ2) is 10.3. The first kappa shape index (κ1) is 11.3. The first-order chi connectivity index (χ1) is 5.91. The molecule has 0 radical (unpaired) electrons. The number of rotatable bonds is 8. The number of unbranched alkanes of at least 4 members (excludes halogenated alkanes) is 4. The minimum absolute atomic E-state index is 0.671. The van der Waals surface area contributed by atoms with E-state index in [1.54, 1.807) is 6.08 Å². The fourth-order valence-corrected chi connectivity index (χ4v) is 0.951. The Kier molecular flexibility index (Phi) is 9.63. The lowest BCUT2D eigenvalue weighted by molar-refractivity contribution is 0.157. The molecule has 0 unspecified atom stereocenters. The molecule has 0 bridgehead atoms. The Morgan fingerprint density at radius 1 is 1.25 bits per heavy atom. The first-order valence-corrected chi connectivity index (χ1v) is 4.54. The van der Waals surface area contributed by atoms with Crippen molar-refractivity contribution in [3.63, 3.8) is 0 Å². The third-order valence-corrected chi connectivity index (χ3v) is 1.60. The molecule has 0 amide bonds.